The lowest BCUT2D eigenvalue weighted by Gasteiger charge is -1.99. The van der Waals surface area contributed by atoms with Crippen LogP contribution in [0.3, 0.4) is 0 Å². The second kappa shape index (κ2) is 4.93. The molecule has 0 amide bonds. The van der Waals surface area contributed by atoms with Gasteiger partial charge in [-0.2, -0.15) is 5.10 Å². The summed E-state index contributed by atoms with van der Waals surface area (Å²) in [5, 5.41) is 20.7. The lowest BCUT2D eigenvalue weighted by Crippen LogP contribution is -2.17. The molecule has 3 rings (SSSR count). The van der Waals surface area contributed by atoms with Crippen LogP contribution in [0.25, 0.3) is 10.7 Å². The summed E-state index contributed by atoms with van der Waals surface area (Å²) in [6.45, 7) is 1.09. The standard InChI is InChI=1S/C11H15N5S/c1(6-12-8-3-4-8)2-10-15-16-11(17-10)9-5-7-13-14-9/h5,7-8,12H,1-4,6H2,(H,13,14). The average molecular weight is 249 g/mol. The summed E-state index contributed by atoms with van der Waals surface area (Å²) in [6, 6.07) is 2.71. The monoisotopic (exact) mass is 249 g/mol. The highest BCUT2D eigenvalue weighted by Crippen LogP contribution is 2.22. The van der Waals surface area contributed by atoms with Crippen molar-refractivity contribution in [2.75, 3.05) is 6.54 Å². The maximum absolute atomic E-state index is 4.20. The summed E-state index contributed by atoms with van der Waals surface area (Å²) >= 11 is 1.64. The number of aryl methyl sites for hydroxylation is 1. The predicted octanol–water partition coefficient (Wildman–Crippen LogP) is 1.61. The molecular weight excluding hydrogens is 234 g/mol. The zero-order valence-corrected chi connectivity index (χ0v) is 10.3. The average Bonchev–Trinajstić information content (AvgIpc) is 2.84. The van der Waals surface area contributed by atoms with E-state index in [4.69, 9.17) is 0 Å². The molecule has 2 aromatic rings. The Morgan fingerprint density at radius 1 is 1.41 bits per heavy atom. The maximum atomic E-state index is 4.20. The number of nitrogens with zero attached hydrogens (tertiary/aromatic N) is 3. The Hall–Kier alpha value is -1.27. The van der Waals surface area contributed by atoms with E-state index >= 15 is 0 Å². The number of H-pyrrole nitrogens is 1. The molecule has 17 heavy (non-hydrogen) atoms. The second-order valence-electron chi connectivity index (χ2n) is 4.30. The van der Waals surface area contributed by atoms with Crippen LogP contribution in [0.15, 0.2) is 12.3 Å². The third-order valence-corrected chi connectivity index (χ3v) is 3.79. The quantitative estimate of drug-likeness (QED) is 0.763. The number of hydrogen-bond acceptors (Lipinski definition) is 5. The van der Waals surface area contributed by atoms with Gasteiger partial charge in [0.15, 0.2) is 5.01 Å². The van der Waals surface area contributed by atoms with Crippen molar-refractivity contribution < 1.29 is 0 Å². The normalized spacial score (nSPS) is 15.3. The minimum absolute atomic E-state index is 0.796. The molecule has 2 aromatic heterocycles. The van der Waals surface area contributed by atoms with Gasteiger partial charge in [-0.25, -0.2) is 0 Å². The fourth-order valence-corrected chi connectivity index (χ4v) is 2.53. The van der Waals surface area contributed by atoms with Crippen molar-refractivity contribution in [1.82, 2.24) is 25.7 Å². The molecule has 0 aliphatic heterocycles. The number of aromatic nitrogens is 4. The van der Waals surface area contributed by atoms with Gasteiger partial charge in [0.05, 0.1) is 5.69 Å². The van der Waals surface area contributed by atoms with E-state index < -0.39 is 0 Å². The van der Waals surface area contributed by atoms with Crippen LogP contribution in [-0.4, -0.2) is 33.0 Å². The van der Waals surface area contributed by atoms with Gasteiger partial charge in [0.2, 0.25) is 0 Å². The Bertz CT molecular complexity index is 460. The van der Waals surface area contributed by atoms with Gasteiger partial charge in [0, 0.05) is 18.7 Å². The molecule has 2 heterocycles. The first-order valence-electron chi connectivity index (χ1n) is 5.97. The van der Waals surface area contributed by atoms with Crippen LogP contribution in [0.2, 0.25) is 0 Å². The Balaban J connectivity index is 1.50. The van der Waals surface area contributed by atoms with Gasteiger partial charge in [0.25, 0.3) is 0 Å². The lowest BCUT2D eigenvalue weighted by atomic mass is 10.3. The molecule has 2 N–H and O–H groups in total. The van der Waals surface area contributed by atoms with Crippen LogP contribution < -0.4 is 5.32 Å². The predicted molar refractivity (Wildman–Crippen MR) is 66.8 cm³/mol. The molecule has 1 fully saturated rings. The molecule has 1 aliphatic rings. The van der Waals surface area contributed by atoms with Gasteiger partial charge in [-0.3, -0.25) is 5.10 Å². The van der Waals surface area contributed by atoms with Gasteiger partial charge < -0.3 is 5.32 Å². The molecule has 0 unspecified atom stereocenters. The number of aromatic amines is 1. The molecular formula is C11H15N5S. The maximum Gasteiger partial charge on any atom is 0.165 e. The first-order chi connectivity index (χ1) is 8.42. The van der Waals surface area contributed by atoms with Crippen LogP contribution in [0, 0.1) is 0 Å². The summed E-state index contributed by atoms with van der Waals surface area (Å²) in [6.07, 6.45) is 6.57. The van der Waals surface area contributed by atoms with E-state index in [0.29, 0.717) is 0 Å². The number of nitrogens with one attached hydrogen (secondary N) is 2. The molecule has 90 valence electrons. The molecule has 5 nitrogen and oxygen atoms in total. The summed E-state index contributed by atoms with van der Waals surface area (Å²) in [4.78, 5) is 0. The third kappa shape index (κ3) is 2.89. The first-order valence-corrected chi connectivity index (χ1v) is 6.79. The van der Waals surface area contributed by atoms with E-state index in [2.05, 4.69) is 25.7 Å². The molecule has 0 saturated heterocycles. The van der Waals surface area contributed by atoms with Crippen LogP contribution >= 0.6 is 11.3 Å². The van der Waals surface area contributed by atoms with Crippen molar-refractivity contribution in [3.8, 4) is 10.7 Å². The zero-order valence-electron chi connectivity index (χ0n) is 9.52. The largest absolute Gasteiger partial charge is 0.314 e. The van der Waals surface area contributed by atoms with Crippen LogP contribution in [0.4, 0.5) is 0 Å². The summed E-state index contributed by atoms with van der Waals surface area (Å²) < 4.78 is 0. The van der Waals surface area contributed by atoms with Gasteiger partial charge in [0.1, 0.15) is 5.01 Å². The molecule has 6 heteroatoms. The van der Waals surface area contributed by atoms with Crippen molar-refractivity contribution in [1.29, 1.82) is 0 Å². The van der Waals surface area contributed by atoms with E-state index in [-0.39, 0.29) is 0 Å². The molecule has 1 aliphatic carbocycles. The zero-order chi connectivity index (χ0) is 11.5. The van der Waals surface area contributed by atoms with Crippen molar-refractivity contribution in [3.05, 3.63) is 17.3 Å². The fourth-order valence-electron chi connectivity index (χ4n) is 1.67. The topological polar surface area (TPSA) is 66.5 Å². The first kappa shape index (κ1) is 10.9. The molecule has 0 bridgehead atoms. The number of hydrogen-bond donors (Lipinski definition) is 2. The summed E-state index contributed by atoms with van der Waals surface area (Å²) in [7, 11) is 0. The van der Waals surface area contributed by atoms with E-state index in [1.54, 1.807) is 17.5 Å². The second-order valence-corrected chi connectivity index (χ2v) is 5.37. The van der Waals surface area contributed by atoms with Gasteiger partial charge in [-0.15, -0.1) is 10.2 Å². The third-order valence-electron chi connectivity index (χ3n) is 2.78. The highest BCUT2D eigenvalue weighted by atomic mass is 32.1. The van der Waals surface area contributed by atoms with E-state index in [9.17, 15) is 0 Å². The van der Waals surface area contributed by atoms with E-state index in [1.807, 2.05) is 6.07 Å². The van der Waals surface area contributed by atoms with E-state index in [1.165, 1.54) is 12.8 Å². The van der Waals surface area contributed by atoms with Crippen molar-refractivity contribution in [2.24, 2.45) is 0 Å². The highest BCUT2D eigenvalue weighted by molar-refractivity contribution is 7.14. The van der Waals surface area contributed by atoms with Crippen LogP contribution in [0.5, 0.6) is 0 Å². The van der Waals surface area contributed by atoms with Crippen molar-refractivity contribution >= 4 is 11.3 Å². The SMILES string of the molecule is c1cc(-c2nnc(CCCNC3CC3)s2)[nH]n1. The Morgan fingerprint density at radius 3 is 3.12 bits per heavy atom. The minimum atomic E-state index is 0.796. The molecule has 0 spiro atoms. The lowest BCUT2D eigenvalue weighted by molar-refractivity contribution is 0.643. The van der Waals surface area contributed by atoms with Gasteiger partial charge in [-0.1, -0.05) is 11.3 Å². The van der Waals surface area contributed by atoms with Crippen molar-refractivity contribution in [3.63, 3.8) is 0 Å². The minimum Gasteiger partial charge on any atom is -0.314 e. The van der Waals surface area contributed by atoms with Crippen LogP contribution in [0.1, 0.15) is 24.3 Å². The Morgan fingerprint density at radius 2 is 2.35 bits per heavy atom. The van der Waals surface area contributed by atoms with Gasteiger partial charge in [-0.05, 0) is 31.9 Å². The van der Waals surface area contributed by atoms with Gasteiger partial charge >= 0.3 is 0 Å². The van der Waals surface area contributed by atoms with Crippen LogP contribution in [-0.2, 0) is 6.42 Å². The summed E-state index contributed by atoms with van der Waals surface area (Å²) in [5.41, 5.74) is 0.949. The number of rotatable bonds is 6. The molecule has 1 saturated carbocycles. The fraction of sp³-hybridized carbons (Fsp3) is 0.545. The van der Waals surface area contributed by atoms with E-state index in [0.717, 1.165) is 41.1 Å². The smallest absolute Gasteiger partial charge is 0.165 e. The molecule has 0 atom stereocenters. The summed E-state index contributed by atoms with van der Waals surface area (Å²) in [5.74, 6) is 0. The highest BCUT2D eigenvalue weighted by Gasteiger charge is 2.19. The Kier molecular flexibility index (Phi) is 3.15. The Labute approximate surface area is 104 Å². The molecule has 0 radical (unpaired) electrons. The molecule has 0 aromatic carbocycles. The van der Waals surface area contributed by atoms with Crippen molar-refractivity contribution in [2.45, 2.75) is 31.7 Å².